The number of nitrogens with zero attached hydrogens (tertiary/aromatic N) is 1. The molecule has 96 valence electrons. The fourth-order valence-corrected chi connectivity index (χ4v) is 1.62. The second-order valence-corrected chi connectivity index (χ2v) is 4.69. The Kier molecular flexibility index (Phi) is 3.87. The van der Waals surface area contributed by atoms with E-state index >= 15 is 0 Å². The first-order valence-corrected chi connectivity index (χ1v) is 5.50. The Labute approximate surface area is 100 Å². The Bertz CT molecular complexity index is 351. The summed E-state index contributed by atoms with van der Waals surface area (Å²) in [5.74, 6) is -1.02. The summed E-state index contributed by atoms with van der Waals surface area (Å²) in [6.45, 7) is 5.22. The first-order valence-electron chi connectivity index (χ1n) is 5.50. The van der Waals surface area contributed by atoms with Gasteiger partial charge >= 0.3 is 6.03 Å². The van der Waals surface area contributed by atoms with Crippen molar-refractivity contribution >= 4 is 17.8 Å². The van der Waals surface area contributed by atoms with Crippen LogP contribution in [0.25, 0.3) is 0 Å². The number of methoxy groups -OCH3 is 1. The highest BCUT2D eigenvalue weighted by Gasteiger charge is 2.48. The van der Waals surface area contributed by atoms with Gasteiger partial charge in [-0.3, -0.25) is 19.8 Å². The average molecular weight is 242 g/mol. The van der Waals surface area contributed by atoms with Crippen molar-refractivity contribution in [3.63, 3.8) is 0 Å². The zero-order chi connectivity index (χ0) is 13.2. The molecule has 1 N–H and O–H groups in total. The molecule has 0 radical (unpaired) electrons. The topological polar surface area (TPSA) is 75.7 Å². The molecule has 0 aromatic carbocycles. The molecule has 1 unspecified atom stereocenters. The largest absolute Gasteiger partial charge is 0.385 e. The average Bonchev–Trinajstić information content (AvgIpc) is 2.24. The van der Waals surface area contributed by atoms with Crippen LogP contribution in [0.5, 0.6) is 0 Å². The Morgan fingerprint density at radius 2 is 1.94 bits per heavy atom. The van der Waals surface area contributed by atoms with Crippen molar-refractivity contribution in [1.29, 1.82) is 0 Å². The van der Waals surface area contributed by atoms with Gasteiger partial charge in [0.05, 0.1) is 0 Å². The first kappa shape index (κ1) is 13.6. The molecule has 0 aromatic rings. The van der Waals surface area contributed by atoms with Crippen molar-refractivity contribution in [1.82, 2.24) is 10.2 Å². The highest BCUT2D eigenvalue weighted by molar-refractivity contribution is 6.18. The van der Waals surface area contributed by atoms with Crippen LogP contribution in [0, 0.1) is 5.41 Å². The molecule has 1 aliphatic rings. The van der Waals surface area contributed by atoms with E-state index in [1.807, 2.05) is 0 Å². The molecule has 1 atom stereocenters. The Balaban J connectivity index is 2.87. The third-order valence-corrected chi connectivity index (χ3v) is 2.94. The van der Waals surface area contributed by atoms with E-state index in [0.717, 1.165) is 4.90 Å². The lowest BCUT2D eigenvalue weighted by Gasteiger charge is -2.37. The van der Waals surface area contributed by atoms with Crippen LogP contribution in [0.1, 0.15) is 27.2 Å². The highest BCUT2D eigenvalue weighted by atomic mass is 16.5. The maximum absolute atomic E-state index is 12.1. The van der Waals surface area contributed by atoms with Crippen molar-refractivity contribution in [2.24, 2.45) is 5.41 Å². The Morgan fingerprint density at radius 3 is 2.47 bits per heavy atom. The van der Waals surface area contributed by atoms with Crippen molar-refractivity contribution in [2.75, 3.05) is 13.7 Å². The van der Waals surface area contributed by atoms with Crippen LogP contribution in [0.2, 0.25) is 0 Å². The van der Waals surface area contributed by atoms with Gasteiger partial charge in [-0.1, -0.05) is 0 Å². The number of carbonyl (C=O) groups excluding carboxylic acids is 3. The van der Waals surface area contributed by atoms with Crippen LogP contribution in [-0.2, 0) is 14.3 Å². The first-order chi connectivity index (χ1) is 7.82. The van der Waals surface area contributed by atoms with Gasteiger partial charge in [-0.15, -0.1) is 0 Å². The van der Waals surface area contributed by atoms with Crippen molar-refractivity contribution < 1.29 is 19.1 Å². The fraction of sp³-hybridized carbons (Fsp3) is 0.727. The van der Waals surface area contributed by atoms with E-state index in [-0.39, 0.29) is 6.04 Å². The summed E-state index contributed by atoms with van der Waals surface area (Å²) in [6.07, 6.45) is 0.542. The monoisotopic (exact) mass is 242 g/mol. The van der Waals surface area contributed by atoms with E-state index in [1.54, 1.807) is 14.0 Å². The van der Waals surface area contributed by atoms with Crippen LogP contribution < -0.4 is 5.32 Å². The van der Waals surface area contributed by atoms with Gasteiger partial charge in [0, 0.05) is 19.8 Å². The molecule has 0 saturated carbocycles. The summed E-state index contributed by atoms with van der Waals surface area (Å²) < 4.78 is 4.91. The SMILES string of the molecule is COCCC(C)N1C(=O)NC(=O)C(C)(C)C1=O. The molecule has 1 fully saturated rings. The summed E-state index contributed by atoms with van der Waals surface area (Å²) in [5, 5.41) is 2.19. The summed E-state index contributed by atoms with van der Waals surface area (Å²) in [6, 6.07) is -0.947. The van der Waals surface area contributed by atoms with Crippen LogP contribution in [0.3, 0.4) is 0 Å². The minimum atomic E-state index is -1.20. The zero-order valence-corrected chi connectivity index (χ0v) is 10.6. The molecular weight excluding hydrogens is 224 g/mol. The number of rotatable bonds is 4. The lowest BCUT2D eigenvalue weighted by molar-refractivity contribution is -0.150. The smallest absolute Gasteiger partial charge is 0.331 e. The Hall–Kier alpha value is -1.43. The molecule has 17 heavy (non-hydrogen) atoms. The summed E-state index contributed by atoms with van der Waals surface area (Å²) in [4.78, 5) is 36.3. The zero-order valence-electron chi connectivity index (χ0n) is 10.6. The van der Waals surface area contributed by atoms with Crippen LogP contribution in [-0.4, -0.2) is 42.5 Å². The van der Waals surface area contributed by atoms with Crippen LogP contribution in [0.4, 0.5) is 4.79 Å². The number of amides is 4. The van der Waals surface area contributed by atoms with Gasteiger partial charge in [-0.2, -0.15) is 0 Å². The minimum absolute atomic E-state index is 0.296. The highest BCUT2D eigenvalue weighted by Crippen LogP contribution is 2.25. The number of barbiturate groups is 1. The predicted molar refractivity (Wildman–Crippen MR) is 60.1 cm³/mol. The third kappa shape index (κ3) is 2.46. The second kappa shape index (κ2) is 4.83. The van der Waals surface area contributed by atoms with Gasteiger partial charge < -0.3 is 4.74 Å². The van der Waals surface area contributed by atoms with Crippen molar-refractivity contribution in [3.8, 4) is 0 Å². The molecule has 0 bridgehead atoms. The van der Waals surface area contributed by atoms with E-state index in [4.69, 9.17) is 4.74 Å². The summed E-state index contributed by atoms with van der Waals surface area (Å²) >= 11 is 0. The molecule has 1 aliphatic heterocycles. The number of carbonyl (C=O) groups is 3. The quantitative estimate of drug-likeness (QED) is 0.729. The van der Waals surface area contributed by atoms with E-state index in [1.165, 1.54) is 13.8 Å². The molecular formula is C11H18N2O4. The number of ether oxygens (including phenoxy) is 1. The summed E-state index contributed by atoms with van der Waals surface area (Å²) in [7, 11) is 1.55. The molecule has 0 spiro atoms. The number of urea groups is 1. The maximum Gasteiger partial charge on any atom is 0.331 e. The van der Waals surface area contributed by atoms with E-state index in [0.29, 0.717) is 13.0 Å². The second-order valence-electron chi connectivity index (χ2n) is 4.69. The standard InChI is InChI=1S/C11H18N2O4/c1-7(5-6-17-4)13-9(15)11(2,3)8(14)12-10(13)16/h7H,5-6H2,1-4H3,(H,12,14,16). The van der Waals surface area contributed by atoms with Gasteiger partial charge in [0.25, 0.3) is 0 Å². The Morgan fingerprint density at radius 1 is 1.35 bits per heavy atom. The number of nitrogens with one attached hydrogen (secondary N) is 1. The lowest BCUT2D eigenvalue weighted by Crippen LogP contribution is -2.64. The number of imide groups is 2. The molecule has 6 nitrogen and oxygen atoms in total. The lowest BCUT2D eigenvalue weighted by atomic mass is 9.88. The van der Waals surface area contributed by atoms with E-state index in [2.05, 4.69) is 5.32 Å². The van der Waals surface area contributed by atoms with Crippen molar-refractivity contribution in [3.05, 3.63) is 0 Å². The predicted octanol–water partition coefficient (Wildman–Crippen LogP) is 0.516. The molecule has 1 heterocycles. The van der Waals surface area contributed by atoms with Crippen LogP contribution in [0.15, 0.2) is 0 Å². The van der Waals surface area contributed by atoms with E-state index < -0.39 is 23.3 Å². The van der Waals surface area contributed by atoms with E-state index in [9.17, 15) is 14.4 Å². The molecule has 6 heteroatoms. The molecule has 4 amide bonds. The molecule has 1 saturated heterocycles. The molecule has 1 rings (SSSR count). The fourth-order valence-electron chi connectivity index (χ4n) is 1.62. The van der Waals surface area contributed by atoms with Gasteiger partial charge in [0.15, 0.2) is 0 Å². The summed E-state index contributed by atoms with van der Waals surface area (Å²) in [5.41, 5.74) is -1.20. The van der Waals surface area contributed by atoms with Gasteiger partial charge in [-0.25, -0.2) is 4.79 Å². The third-order valence-electron chi connectivity index (χ3n) is 2.94. The van der Waals surface area contributed by atoms with Crippen molar-refractivity contribution in [2.45, 2.75) is 33.2 Å². The molecule has 0 aliphatic carbocycles. The van der Waals surface area contributed by atoms with Crippen LogP contribution >= 0.6 is 0 Å². The van der Waals surface area contributed by atoms with Gasteiger partial charge in [0.1, 0.15) is 5.41 Å². The van der Waals surface area contributed by atoms with Gasteiger partial charge in [-0.05, 0) is 27.2 Å². The normalized spacial score (nSPS) is 21.4. The minimum Gasteiger partial charge on any atom is -0.385 e. The maximum atomic E-state index is 12.1. The number of hydrogen-bond acceptors (Lipinski definition) is 4. The number of hydrogen-bond donors (Lipinski definition) is 1. The molecule has 0 aromatic heterocycles. The van der Waals surface area contributed by atoms with Gasteiger partial charge in [0.2, 0.25) is 11.8 Å².